The first-order chi connectivity index (χ1) is 9.27. The average Bonchev–Trinajstić information content (AvgIpc) is 2.36. The smallest absolute Gasteiger partial charge is 0.162 e. The molecule has 0 aromatic heterocycles. The zero-order chi connectivity index (χ0) is 14.9. The normalized spacial score (nSPS) is 18.4. The summed E-state index contributed by atoms with van der Waals surface area (Å²) in [6.45, 7) is 11.1. The Bertz CT molecular complexity index is 472. The number of rotatable bonds is 2. The summed E-state index contributed by atoms with van der Waals surface area (Å²) in [5.74, 6) is 0.0125. The molecule has 20 heavy (non-hydrogen) atoms. The highest BCUT2D eigenvalue weighted by molar-refractivity contribution is 5.49. The molecular formula is C16H26N2O2. The molecule has 0 aliphatic carbocycles. The van der Waals surface area contributed by atoms with Gasteiger partial charge in [0.25, 0.3) is 0 Å². The summed E-state index contributed by atoms with van der Waals surface area (Å²) in [5.41, 5.74) is 1.83. The van der Waals surface area contributed by atoms with Crippen molar-refractivity contribution >= 4 is 0 Å². The van der Waals surface area contributed by atoms with Crippen molar-refractivity contribution in [2.75, 3.05) is 33.2 Å². The summed E-state index contributed by atoms with van der Waals surface area (Å²) in [5, 5.41) is 20.0. The van der Waals surface area contributed by atoms with Crippen LogP contribution in [0.2, 0.25) is 0 Å². The van der Waals surface area contributed by atoms with Gasteiger partial charge in [-0.3, -0.25) is 4.90 Å². The molecule has 0 radical (unpaired) electrons. The van der Waals surface area contributed by atoms with Crippen LogP contribution in [0, 0.1) is 0 Å². The molecule has 112 valence electrons. The quantitative estimate of drug-likeness (QED) is 0.814. The number of phenolic OH excluding ortho intramolecular Hbond substituents is 2. The molecule has 2 rings (SSSR count). The molecule has 1 saturated heterocycles. The monoisotopic (exact) mass is 278 g/mol. The number of likely N-dealkylation sites (N-methyl/N-ethyl adjacent to an activating group) is 1. The summed E-state index contributed by atoms with van der Waals surface area (Å²) in [7, 11) is 2.13. The van der Waals surface area contributed by atoms with Crippen LogP contribution < -0.4 is 0 Å². The number of benzene rings is 1. The van der Waals surface area contributed by atoms with Crippen molar-refractivity contribution in [2.24, 2.45) is 0 Å². The van der Waals surface area contributed by atoms with Gasteiger partial charge in [0.15, 0.2) is 11.5 Å². The van der Waals surface area contributed by atoms with Gasteiger partial charge in [-0.15, -0.1) is 0 Å². The molecule has 1 aliphatic rings. The Morgan fingerprint density at radius 1 is 1.05 bits per heavy atom. The van der Waals surface area contributed by atoms with Crippen LogP contribution in [-0.2, 0) is 12.0 Å². The zero-order valence-corrected chi connectivity index (χ0v) is 13.0. The maximum absolute atomic E-state index is 10.1. The Hall–Kier alpha value is -1.26. The van der Waals surface area contributed by atoms with Crippen LogP contribution in [0.5, 0.6) is 11.5 Å². The van der Waals surface area contributed by atoms with Crippen LogP contribution in [0.4, 0.5) is 0 Å². The van der Waals surface area contributed by atoms with Crippen LogP contribution in [0.1, 0.15) is 31.9 Å². The molecule has 1 aromatic carbocycles. The Balaban J connectivity index is 2.20. The van der Waals surface area contributed by atoms with Gasteiger partial charge in [0.2, 0.25) is 0 Å². The maximum atomic E-state index is 10.1. The van der Waals surface area contributed by atoms with Gasteiger partial charge >= 0.3 is 0 Å². The van der Waals surface area contributed by atoms with Gasteiger partial charge in [0, 0.05) is 38.3 Å². The third-order valence-corrected chi connectivity index (χ3v) is 4.02. The molecule has 1 aromatic rings. The van der Waals surface area contributed by atoms with Gasteiger partial charge in [0.05, 0.1) is 0 Å². The fourth-order valence-corrected chi connectivity index (χ4v) is 2.48. The Labute approximate surface area is 121 Å². The molecule has 4 nitrogen and oxygen atoms in total. The number of piperazine rings is 1. The number of hydrogen-bond acceptors (Lipinski definition) is 4. The summed E-state index contributed by atoms with van der Waals surface area (Å²) < 4.78 is 0. The van der Waals surface area contributed by atoms with E-state index in [1.165, 1.54) is 0 Å². The first kappa shape index (κ1) is 15.1. The van der Waals surface area contributed by atoms with E-state index < -0.39 is 0 Å². The lowest BCUT2D eigenvalue weighted by atomic mass is 9.85. The first-order valence-corrected chi connectivity index (χ1v) is 7.23. The summed E-state index contributed by atoms with van der Waals surface area (Å²) in [4.78, 5) is 4.63. The van der Waals surface area contributed by atoms with Crippen molar-refractivity contribution in [1.82, 2.24) is 9.80 Å². The third kappa shape index (κ3) is 3.44. The maximum Gasteiger partial charge on any atom is 0.162 e. The highest BCUT2D eigenvalue weighted by Gasteiger charge is 2.21. The molecule has 2 N–H and O–H groups in total. The van der Waals surface area contributed by atoms with E-state index >= 15 is 0 Å². The van der Waals surface area contributed by atoms with Gasteiger partial charge < -0.3 is 15.1 Å². The molecule has 0 spiro atoms. The SMILES string of the molecule is CN1CCN(Cc2cc(C(C)(C)C)cc(O)c2O)CC1. The fourth-order valence-electron chi connectivity index (χ4n) is 2.48. The lowest BCUT2D eigenvalue weighted by molar-refractivity contribution is 0.147. The van der Waals surface area contributed by atoms with E-state index in [1.54, 1.807) is 6.07 Å². The third-order valence-electron chi connectivity index (χ3n) is 4.02. The number of phenols is 2. The van der Waals surface area contributed by atoms with Crippen LogP contribution in [0.25, 0.3) is 0 Å². The van der Waals surface area contributed by atoms with Crippen LogP contribution >= 0.6 is 0 Å². The molecule has 1 aliphatic heterocycles. The summed E-state index contributed by atoms with van der Waals surface area (Å²) >= 11 is 0. The molecular weight excluding hydrogens is 252 g/mol. The lowest BCUT2D eigenvalue weighted by Gasteiger charge is -2.32. The second kappa shape index (κ2) is 5.62. The van der Waals surface area contributed by atoms with Crippen molar-refractivity contribution in [1.29, 1.82) is 0 Å². The molecule has 0 unspecified atom stereocenters. The minimum atomic E-state index is -0.0396. The highest BCUT2D eigenvalue weighted by Crippen LogP contribution is 2.35. The van der Waals surface area contributed by atoms with E-state index in [2.05, 4.69) is 37.6 Å². The summed E-state index contributed by atoms with van der Waals surface area (Å²) in [6, 6.07) is 3.69. The average molecular weight is 278 g/mol. The second-order valence-corrected chi connectivity index (χ2v) is 6.83. The van der Waals surface area contributed by atoms with Crippen molar-refractivity contribution in [2.45, 2.75) is 32.7 Å². The van der Waals surface area contributed by atoms with Gasteiger partial charge in [-0.1, -0.05) is 26.8 Å². The minimum Gasteiger partial charge on any atom is -0.504 e. The molecule has 0 amide bonds. The van der Waals surface area contributed by atoms with Crippen molar-refractivity contribution < 1.29 is 10.2 Å². The number of nitrogens with zero attached hydrogens (tertiary/aromatic N) is 2. The predicted octanol–water partition coefficient (Wildman–Crippen LogP) is 2.14. The Morgan fingerprint density at radius 2 is 1.65 bits per heavy atom. The minimum absolute atomic E-state index is 0.0125. The molecule has 0 saturated carbocycles. The van der Waals surface area contributed by atoms with Crippen molar-refractivity contribution in [3.05, 3.63) is 23.3 Å². The molecule has 1 fully saturated rings. The second-order valence-electron chi connectivity index (χ2n) is 6.83. The van der Waals surface area contributed by atoms with Crippen LogP contribution in [0.3, 0.4) is 0 Å². The topological polar surface area (TPSA) is 46.9 Å². The number of aromatic hydroxyl groups is 2. The zero-order valence-electron chi connectivity index (χ0n) is 13.0. The Morgan fingerprint density at radius 3 is 2.20 bits per heavy atom. The van der Waals surface area contributed by atoms with Crippen LogP contribution in [-0.4, -0.2) is 53.2 Å². The number of hydrogen-bond donors (Lipinski definition) is 2. The fraction of sp³-hybridized carbons (Fsp3) is 0.625. The van der Waals surface area contributed by atoms with E-state index in [0.717, 1.165) is 37.3 Å². The largest absolute Gasteiger partial charge is 0.504 e. The summed E-state index contributed by atoms with van der Waals surface area (Å²) in [6.07, 6.45) is 0. The van der Waals surface area contributed by atoms with E-state index in [4.69, 9.17) is 0 Å². The lowest BCUT2D eigenvalue weighted by Crippen LogP contribution is -2.43. The van der Waals surface area contributed by atoms with Crippen molar-refractivity contribution in [3.8, 4) is 11.5 Å². The van der Waals surface area contributed by atoms with E-state index in [9.17, 15) is 10.2 Å². The molecule has 0 bridgehead atoms. The van der Waals surface area contributed by atoms with Crippen molar-refractivity contribution in [3.63, 3.8) is 0 Å². The van der Waals surface area contributed by atoms with Crippen LogP contribution in [0.15, 0.2) is 12.1 Å². The predicted molar refractivity (Wildman–Crippen MR) is 81.2 cm³/mol. The standard InChI is InChI=1S/C16H26N2O2/c1-16(2,3)13-9-12(15(20)14(19)10-13)11-18-7-5-17(4)6-8-18/h9-10,19-20H,5-8,11H2,1-4H3. The Kier molecular flexibility index (Phi) is 4.25. The van der Waals surface area contributed by atoms with Gasteiger partial charge in [-0.25, -0.2) is 0 Å². The van der Waals surface area contributed by atoms with Gasteiger partial charge in [0.1, 0.15) is 0 Å². The first-order valence-electron chi connectivity index (χ1n) is 7.23. The highest BCUT2D eigenvalue weighted by atomic mass is 16.3. The van der Waals surface area contributed by atoms with Gasteiger partial charge in [-0.05, 0) is 24.1 Å². The molecule has 1 heterocycles. The van der Waals surface area contributed by atoms with E-state index in [0.29, 0.717) is 6.54 Å². The van der Waals surface area contributed by atoms with E-state index in [-0.39, 0.29) is 16.9 Å². The molecule has 0 atom stereocenters. The van der Waals surface area contributed by atoms with E-state index in [1.807, 2.05) is 6.07 Å². The van der Waals surface area contributed by atoms with Gasteiger partial charge in [-0.2, -0.15) is 0 Å². The molecule has 4 heteroatoms.